The molecule has 0 aliphatic heterocycles. The maximum atomic E-state index is 13.1. The van der Waals surface area contributed by atoms with Gasteiger partial charge in [-0.25, -0.2) is 4.98 Å². The molecule has 4 aromatic rings. The first-order chi connectivity index (χ1) is 17.6. The molecule has 0 fully saturated rings. The lowest BCUT2D eigenvalue weighted by atomic mass is 9.98. The number of fused-ring (bicyclic) bond motifs is 1. The van der Waals surface area contributed by atoms with E-state index in [4.69, 9.17) is 9.47 Å². The number of nitrogens with zero attached hydrogens (tertiary/aromatic N) is 4. The Labute approximate surface area is 210 Å². The van der Waals surface area contributed by atoms with E-state index in [1.54, 1.807) is 25.3 Å². The van der Waals surface area contributed by atoms with Gasteiger partial charge in [0.1, 0.15) is 11.4 Å². The number of aromatic amines is 2. The van der Waals surface area contributed by atoms with Crippen molar-refractivity contribution >= 4 is 16.8 Å². The Bertz CT molecular complexity index is 1310. The predicted molar refractivity (Wildman–Crippen MR) is 139 cm³/mol. The molecule has 0 atom stereocenters. The zero-order chi connectivity index (χ0) is 25.5. The Morgan fingerprint density at radius 2 is 1.89 bits per heavy atom. The molecule has 0 bridgehead atoms. The molecule has 0 saturated carbocycles. The second kappa shape index (κ2) is 11.9. The van der Waals surface area contributed by atoms with Crippen molar-refractivity contribution in [2.75, 3.05) is 47.1 Å². The minimum absolute atomic E-state index is 0.164. The molecule has 0 aliphatic rings. The number of H-pyrrole nitrogens is 2. The third kappa shape index (κ3) is 5.46. The van der Waals surface area contributed by atoms with Crippen LogP contribution in [0.2, 0.25) is 0 Å². The van der Waals surface area contributed by atoms with Crippen LogP contribution >= 0.6 is 0 Å². The molecule has 10 nitrogen and oxygen atoms in total. The number of carbonyl (C=O) groups excluding carboxylic acids is 1. The molecule has 190 valence electrons. The van der Waals surface area contributed by atoms with Gasteiger partial charge in [-0.15, -0.1) is 0 Å². The number of carbonyl (C=O) groups is 1. The van der Waals surface area contributed by atoms with Crippen molar-refractivity contribution in [2.24, 2.45) is 0 Å². The van der Waals surface area contributed by atoms with Gasteiger partial charge in [-0.1, -0.05) is 13.0 Å². The molecule has 0 radical (unpaired) electrons. The number of aromatic nitrogens is 5. The summed E-state index contributed by atoms with van der Waals surface area (Å²) in [4.78, 5) is 26.9. The first-order valence-corrected chi connectivity index (χ1v) is 12.0. The minimum atomic E-state index is -0.164. The Morgan fingerprint density at radius 3 is 2.61 bits per heavy atom. The average Bonchev–Trinajstić information content (AvgIpc) is 3.55. The van der Waals surface area contributed by atoms with Gasteiger partial charge in [-0.05, 0) is 42.3 Å². The van der Waals surface area contributed by atoms with Gasteiger partial charge >= 0.3 is 0 Å². The largest absolute Gasteiger partial charge is 0.383 e. The summed E-state index contributed by atoms with van der Waals surface area (Å²) >= 11 is 0. The molecule has 0 aliphatic carbocycles. The van der Waals surface area contributed by atoms with Crippen LogP contribution in [0.5, 0.6) is 0 Å². The monoisotopic (exact) mass is 491 g/mol. The van der Waals surface area contributed by atoms with Crippen molar-refractivity contribution in [3.8, 4) is 22.6 Å². The number of amides is 1. The van der Waals surface area contributed by atoms with Crippen molar-refractivity contribution in [1.29, 1.82) is 0 Å². The van der Waals surface area contributed by atoms with Gasteiger partial charge < -0.3 is 24.7 Å². The van der Waals surface area contributed by atoms with Crippen molar-refractivity contribution < 1.29 is 14.3 Å². The molecule has 10 heteroatoms. The molecule has 0 saturated heterocycles. The number of hydrogen-bond donors (Lipinski definition) is 3. The van der Waals surface area contributed by atoms with E-state index in [9.17, 15) is 4.79 Å². The first-order valence-electron chi connectivity index (χ1n) is 12.0. The highest BCUT2D eigenvalue weighted by atomic mass is 16.5. The van der Waals surface area contributed by atoms with Crippen LogP contribution in [0.4, 0.5) is 0 Å². The summed E-state index contributed by atoms with van der Waals surface area (Å²) in [6.07, 6.45) is 5.35. The molecule has 1 aromatic carbocycles. The fraction of sp³-hybridized carbons (Fsp3) is 0.385. The SMILES string of the molecule is CCNCc1cncc(-c2ccc3[nH]nc(-c4ncc(C(=O)N(CCOC)CCOC)[nH]4)c3c2)c1C. The van der Waals surface area contributed by atoms with E-state index in [0.717, 1.165) is 35.1 Å². The van der Waals surface area contributed by atoms with Crippen LogP contribution in [0.15, 0.2) is 36.8 Å². The number of methoxy groups -OCH3 is 2. The quantitative estimate of drug-likeness (QED) is 0.278. The highest BCUT2D eigenvalue weighted by molar-refractivity contribution is 5.96. The zero-order valence-corrected chi connectivity index (χ0v) is 21.2. The molecule has 3 aromatic heterocycles. The summed E-state index contributed by atoms with van der Waals surface area (Å²) in [5, 5.41) is 11.8. The number of hydrogen-bond acceptors (Lipinski definition) is 7. The van der Waals surface area contributed by atoms with Gasteiger partial charge in [-0.2, -0.15) is 5.10 Å². The molecule has 4 rings (SSSR count). The van der Waals surface area contributed by atoms with Gasteiger partial charge in [-0.3, -0.25) is 14.9 Å². The highest BCUT2D eigenvalue weighted by Gasteiger charge is 2.20. The number of rotatable bonds is 12. The molecule has 36 heavy (non-hydrogen) atoms. The van der Waals surface area contributed by atoms with Gasteiger partial charge in [0.2, 0.25) is 0 Å². The third-order valence-corrected chi connectivity index (χ3v) is 6.21. The van der Waals surface area contributed by atoms with Gasteiger partial charge in [0, 0.05) is 57.2 Å². The summed E-state index contributed by atoms with van der Waals surface area (Å²) in [6.45, 7) is 7.68. The second-order valence-electron chi connectivity index (χ2n) is 8.51. The lowest BCUT2D eigenvalue weighted by molar-refractivity contribution is 0.0622. The fourth-order valence-electron chi connectivity index (χ4n) is 4.10. The molecule has 3 N–H and O–H groups in total. The van der Waals surface area contributed by atoms with Crippen LogP contribution in [0.1, 0.15) is 28.5 Å². The van der Waals surface area contributed by atoms with E-state index >= 15 is 0 Å². The number of nitrogens with one attached hydrogen (secondary N) is 3. The van der Waals surface area contributed by atoms with Crippen molar-refractivity contribution in [3.05, 3.63) is 53.6 Å². The Hall–Kier alpha value is -3.60. The molecular formula is C26H33N7O3. The average molecular weight is 492 g/mol. The summed E-state index contributed by atoms with van der Waals surface area (Å²) in [5.41, 5.74) is 6.40. The maximum Gasteiger partial charge on any atom is 0.272 e. The van der Waals surface area contributed by atoms with E-state index < -0.39 is 0 Å². The van der Waals surface area contributed by atoms with E-state index in [1.807, 2.05) is 18.5 Å². The lowest BCUT2D eigenvalue weighted by Crippen LogP contribution is -2.36. The molecule has 3 heterocycles. The standard InChI is InChI=1S/C26H33N7O3/c1-5-27-13-19-14-28-15-21(17(19)2)18-6-7-22-20(12-18)24(32-31-22)25-29-16-23(30-25)26(34)33(8-10-35-3)9-11-36-4/h6-7,12,14-16,27H,5,8-11,13H2,1-4H3,(H,29,30)(H,31,32). The predicted octanol–water partition coefficient (Wildman–Crippen LogP) is 3.17. The molecule has 0 spiro atoms. The van der Waals surface area contributed by atoms with Gasteiger partial charge in [0.05, 0.1) is 24.9 Å². The summed E-state index contributed by atoms with van der Waals surface area (Å²) in [5.74, 6) is 0.360. The molecule has 1 amide bonds. The van der Waals surface area contributed by atoms with Gasteiger partial charge in [0.15, 0.2) is 5.82 Å². The number of pyridine rings is 1. The van der Waals surface area contributed by atoms with Crippen LogP contribution < -0.4 is 5.32 Å². The highest BCUT2D eigenvalue weighted by Crippen LogP contribution is 2.31. The van der Waals surface area contributed by atoms with Crippen LogP contribution in [-0.2, 0) is 16.0 Å². The van der Waals surface area contributed by atoms with Crippen LogP contribution in [0.25, 0.3) is 33.5 Å². The number of ether oxygens (including phenoxy) is 2. The summed E-state index contributed by atoms with van der Waals surface area (Å²) in [6, 6.07) is 6.15. The lowest BCUT2D eigenvalue weighted by Gasteiger charge is -2.21. The van der Waals surface area contributed by atoms with E-state index in [2.05, 4.69) is 56.4 Å². The van der Waals surface area contributed by atoms with Gasteiger partial charge in [0.25, 0.3) is 5.91 Å². The third-order valence-electron chi connectivity index (χ3n) is 6.21. The minimum Gasteiger partial charge on any atom is -0.383 e. The van der Waals surface area contributed by atoms with Crippen molar-refractivity contribution in [2.45, 2.75) is 20.4 Å². The number of benzene rings is 1. The Morgan fingerprint density at radius 1 is 1.11 bits per heavy atom. The van der Waals surface area contributed by atoms with Crippen LogP contribution in [0, 0.1) is 6.92 Å². The van der Waals surface area contributed by atoms with Crippen LogP contribution in [0.3, 0.4) is 0 Å². The van der Waals surface area contributed by atoms with Crippen molar-refractivity contribution in [3.63, 3.8) is 0 Å². The molecular weight excluding hydrogens is 458 g/mol. The molecule has 0 unspecified atom stereocenters. The number of imidazole rings is 1. The summed E-state index contributed by atoms with van der Waals surface area (Å²) < 4.78 is 10.3. The second-order valence-corrected chi connectivity index (χ2v) is 8.51. The smallest absolute Gasteiger partial charge is 0.272 e. The first kappa shape index (κ1) is 25.5. The van der Waals surface area contributed by atoms with E-state index in [-0.39, 0.29) is 5.91 Å². The Balaban J connectivity index is 1.64. The van der Waals surface area contributed by atoms with E-state index in [1.165, 1.54) is 11.1 Å². The van der Waals surface area contributed by atoms with Crippen LogP contribution in [-0.4, -0.2) is 83.0 Å². The summed E-state index contributed by atoms with van der Waals surface area (Å²) in [7, 11) is 3.22. The maximum absolute atomic E-state index is 13.1. The van der Waals surface area contributed by atoms with E-state index in [0.29, 0.717) is 43.5 Å². The zero-order valence-electron chi connectivity index (χ0n) is 21.2. The fourth-order valence-corrected chi connectivity index (χ4v) is 4.10. The van der Waals surface area contributed by atoms with Crippen molar-refractivity contribution in [1.82, 2.24) is 35.4 Å². The Kier molecular flexibility index (Phi) is 8.42. The topological polar surface area (TPSA) is 121 Å². The normalized spacial score (nSPS) is 11.3.